The Morgan fingerprint density at radius 1 is 1.44 bits per heavy atom. The summed E-state index contributed by atoms with van der Waals surface area (Å²) in [7, 11) is 0. The second-order valence-corrected chi connectivity index (χ2v) is 4.91. The second kappa shape index (κ2) is 9.11. The molecule has 0 aliphatic heterocycles. The summed E-state index contributed by atoms with van der Waals surface area (Å²) in [5.74, 6) is -0.104. The number of carbonyl (C=O) groups is 1. The van der Waals surface area contributed by atoms with E-state index in [1.807, 2.05) is 0 Å². The summed E-state index contributed by atoms with van der Waals surface area (Å²) in [6.45, 7) is 4.92. The SMILES string of the molecule is C=CCC(N)C(=O)NCCCOC1CCCCC1. The Hall–Kier alpha value is -0.870. The van der Waals surface area contributed by atoms with Crippen molar-refractivity contribution in [3.8, 4) is 0 Å². The Kier molecular flexibility index (Phi) is 7.69. The maximum absolute atomic E-state index is 11.5. The van der Waals surface area contributed by atoms with E-state index in [0.29, 0.717) is 19.1 Å². The average molecular weight is 254 g/mol. The van der Waals surface area contributed by atoms with Gasteiger partial charge in [-0.05, 0) is 25.7 Å². The van der Waals surface area contributed by atoms with E-state index in [0.717, 1.165) is 13.0 Å². The highest BCUT2D eigenvalue weighted by molar-refractivity contribution is 5.81. The number of rotatable bonds is 8. The Labute approximate surface area is 110 Å². The van der Waals surface area contributed by atoms with Crippen LogP contribution in [0.3, 0.4) is 0 Å². The van der Waals surface area contributed by atoms with Gasteiger partial charge in [-0.15, -0.1) is 6.58 Å². The summed E-state index contributed by atoms with van der Waals surface area (Å²) in [4.78, 5) is 11.5. The van der Waals surface area contributed by atoms with E-state index in [2.05, 4.69) is 11.9 Å². The molecule has 1 unspecified atom stereocenters. The number of nitrogens with one attached hydrogen (secondary N) is 1. The molecule has 4 heteroatoms. The topological polar surface area (TPSA) is 64.4 Å². The van der Waals surface area contributed by atoms with Gasteiger partial charge in [-0.3, -0.25) is 4.79 Å². The van der Waals surface area contributed by atoms with Crippen molar-refractivity contribution in [2.75, 3.05) is 13.2 Å². The van der Waals surface area contributed by atoms with Gasteiger partial charge in [-0.2, -0.15) is 0 Å². The fraction of sp³-hybridized carbons (Fsp3) is 0.786. The van der Waals surface area contributed by atoms with Crippen LogP contribution in [-0.2, 0) is 9.53 Å². The summed E-state index contributed by atoms with van der Waals surface area (Å²) in [6, 6.07) is -0.471. The molecule has 3 N–H and O–H groups in total. The number of hydrogen-bond acceptors (Lipinski definition) is 3. The smallest absolute Gasteiger partial charge is 0.237 e. The van der Waals surface area contributed by atoms with Crippen molar-refractivity contribution < 1.29 is 9.53 Å². The zero-order valence-corrected chi connectivity index (χ0v) is 11.2. The first-order chi connectivity index (χ1) is 8.74. The highest BCUT2D eigenvalue weighted by atomic mass is 16.5. The van der Waals surface area contributed by atoms with Gasteiger partial charge in [0.25, 0.3) is 0 Å². The largest absolute Gasteiger partial charge is 0.378 e. The predicted octanol–water partition coefficient (Wildman–Crippen LogP) is 1.75. The Balaban J connectivity index is 1.97. The van der Waals surface area contributed by atoms with E-state index in [-0.39, 0.29) is 5.91 Å². The fourth-order valence-electron chi connectivity index (χ4n) is 2.18. The number of amides is 1. The predicted molar refractivity (Wildman–Crippen MR) is 73.2 cm³/mol. The van der Waals surface area contributed by atoms with E-state index in [1.54, 1.807) is 6.08 Å². The van der Waals surface area contributed by atoms with E-state index in [9.17, 15) is 4.79 Å². The highest BCUT2D eigenvalue weighted by Crippen LogP contribution is 2.20. The Bertz CT molecular complexity index is 250. The van der Waals surface area contributed by atoms with Crippen molar-refractivity contribution in [1.82, 2.24) is 5.32 Å². The third-order valence-corrected chi connectivity index (χ3v) is 3.28. The molecule has 0 radical (unpaired) electrons. The molecule has 1 rings (SSSR count). The molecule has 0 saturated heterocycles. The van der Waals surface area contributed by atoms with Gasteiger partial charge in [-0.1, -0.05) is 25.3 Å². The summed E-state index contributed by atoms with van der Waals surface area (Å²) in [5, 5.41) is 2.81. The van der Waals surface area contributed by atoms with Gasteiger partial charge < -0.3 is 15.8 Å². The summed E-state index contributed by atoms with van der Waals surface area (Å²) >= 11 is 0. The van der Waals surface area contributed by atoms with Crippen LogP contribution >= 0.6 is 0 Å². The minimum atomic E-state index is -0.471. The summed E-state index contributed by atoms with van der Waals surface area (Å²) in [6.07, 6.45) is 9.78. The van der Waals surface area contributed by atoms with E-state index in [4.69, 9.17) is 10.5 Å². The molecule has 0 bridgehead atoms. The molecule has 1 aliphatic carbocycles. The molecule has 0 aromatic carbocycles. The van der Waals surface area contributed by atoms with Crippen LogP contribution in [0.2, 0.25) is 0 Å². The Morgan fingerprint density at radius 3 is 2.83 bits per heavy atom. The van der Waals surface area contributed by atoms with Crippen LogP contribution in [-0.4, -0.2) is 31.2 Å². The highest BCUT2D eigenvalue weighted by Gasteiger charge is 2.13. The second-order valence-electron chi connectivity index (χ2n) is 4.91. The van der Waals surface area contributed by atoms with Crippen LogP contribution in [0.15, 0.2) is 12.7 Å². The molecule has 18 heavy (non-hydrogen) atoms. The van der Waals surface area contributed by atoms with Crippen LogP contribution in [0.4, 0.5) is 0 Å². The van der Waals surface area contributed by atoms with E-state index >= 15 is 0 Å². The quantitative estimate of drug-likeness (QED) is 0.512. The maximum Gasteiger partial charge on any atom is 0.237 e. The van der Waals surface area contributed by atoms with Crippen molar-refractivity contribution in [1.29, 1.82) is 0 Å². The van der Waals surface area contributed by atoms with Gasteiger partial charge >= 0.3 is 0 Å². The zero-order chi connectivity index (χ0) is 13.2. The molecular weight excluding hydrogens is 228 g/mol. The normalized spacial score (nSPS) is 18.3. The molecule has 0 aromatic heterocycles. The fourth-order valence-corrected chi connectivity index (χ4v) is 2.18. The minimum Gasteiger partial charge on any atom is -0.378 e. The monoisotopic (exact) mass is 254 g/mol. The molecule has 1 atom stereocenters. The molecule has 4 nitrogen and oxygen atoms in total. The number of nitrogens with two attached hydrogens (primary N) is 1. The first kappa shape index (κ1) is 15.2. The van der Waals surface area contributed by atoms with Crippen molar-refractivity contribution in [3.05, 3.63) is 12.7 Å². The third kappa shape index (κ3) is 6.17. The van der Waals surface area contributed by atoms with Gasteiger partial charge in [0.15, 0.2) is 0 Å². The Morgan fingerprint density at radius 2 is 2.17 bits per heavy atom. The van der Waals surface area contributed by atoms with Gasteiger partial charge in [0.05, 0.1) is 12.1 Å². The standard InChI is InChI=1S/C14H26N2O2/c1-2-7-13(15)14(17)16-10-6-11-18-12-8-4-3-5-9-12/h2,12-13H,1,3-11,15H2,(H,16,17). The van der Waals surface area contributed by atoms with Crippen LogP contribution in [0.5, 0.6) is 0 Å². The molecule has 1 saturated carbocycles. The lowest BCUT2D eigenvalue weighted by Gasteiger charge is -2.22. The van der Waals surface area contributed by atoms with Crippen LogP contribution < -0.4 is 11.1 Å². The van der Waals surface area contributed by atoms with Crippen LogP contribution in [0, 0.1) is 0 Å². The first-order valence-electron chi connectivity index (χ1n) is 7.00. The van der Waals surface area contributed by atoms with Gasteiger partial charge in [0, 0.05) is 13.2 Å². The average Bonchev–Trinajstić information content (AvgIpc) is 2.39. The first-order valence-corrected chi connectivity index (χ1v) is 7.00. The molecule has 1 aliphatic rings. The van der Waals surface area contributed by atoms with E-state index in [1.165, 1.54) is 32.1 Å². The molecular formula is C14H26N2O2. The number of ether oxygens (including phenoxy) is 1. The molecule has 0 spiro atoms. The van der Waals surface area contributed by atoms with Gasteiger partial charge in [0.1, 0.15) is 0 Å². The lowest BCUT2D eigenvalue weighted by molar-refractivity contribution is -0.122. The van der Waals surface area contributed by atoms with Crippen molar-refractivity contribution in [3.63, 3.8) is 0 Å². The van der Waals surface area contributed by atoms with Crippen LogP contribution in [0.1, 0.15) is 44.9 Å². The summed E-state index contributed by atoms with van der Waals surface area (Å²) in [5.41, 5.74) is 5.64. The summed E-state index contributed by atoms with van der Waals surface area (Å²) < 4.78 is 5.77. The van der Waals surface area contributed by atoms with E-state index < -0.39 is 6.04 Å². The van der Waals surface area contributed by atoms with Crippen molar-refractivity contribution in [2.45, 2.75) is 57.1 Å². The third-order valence-electron chi connectivity index (χ3n) is 3.28. The zero-order valence-electron chi connectivity index (χ0n) is 11.2. The lowest BCUT2D eigenvalue weighted by atomic mass is 9.98. The molecule has 0 heterocycles. The van der Waals surface area contributed by atoms with Crippen molar-refractivity contribution in [2.24, 2.45) is 5.73 Å². The van der Waals surface area contributed by atoms with Gasteiger partial charge in [-0.25, -0.2) is 0 Å². The molecule has 104 valence electrons. The maximum atomic E-state index is 11.5. The number of carbonyl (C=O) groups excluding carboxylic acids is 1. The van der Waals surface area contributed by atoms with Gasteiger partial charge in [0.2, 0.25) is 5.91 Å². The minimum absolute atomic E-state index is 0.104. The molecule has 1 fully saturated rings. The lowest BCUT2D eigenvalue weighted by Crippen LogP contribution is -2.40. The molecule has 1 amide bonds. The molecule has 0 aromatic rings. The number of hydrogen-bond donors (Lipinski definition) is 2. The van der Waals surface area contributed by atoms with Crippen molar-refractivity contribution >= 4 is 5.91 Å². The van der Waals surface area contributed by atoms with Crippen LogP contribution in [0.25, 0.3) is 0 Å².